The standard InChI is InChI=1S/C18H26N2O2/c1-22-17-8-6-15(7-9-17)13-19-10-4-5-16(14-19)18(21)20-11-2-3-12-20/h6-9,16H,2-5,10-14H2,1H3/t16-/m1/s1. The van der Waals surface area contributed by atoms with Crippen LogP contribution in [-0.4, -0.2) is 49.0 Å². The first-order valence-electron chi connectivity index (χ1n) is 8.40. The summed E-state index contributed by atoms with van der Waals surface area (Å²) in [5, 5.41) is 0. The van der Waals surface area contributed by atoms with Crippen LogP contribution in [0.2, 0.25) is 0 Å². The molecule has 2 aliphatic heterocycles. The number of rotatable bonds is 4. The first-order chi connectivity index (χ1) is 10.8. The third-order valence-corrected chi connectivity index (χ3v) is 4.84. The average Bonchev–Trinajstić information content (AvgIpc) is 3.09. The van der Waals surface area contributed by atoms with Crippen LogP contribution in [0.4, 0.5) is 0 Å². The van der Waals surface area contributed by atoms with E-state index in [2.05, 4.69) is 21.9 Å². The molecule has 3 rings (SSSR count). The van der Waals surface area contributed by atoms with Crippen molar-refractivity contribution < 1.29 is 9.53 Å². The van der Waals surface area contributed by atoms with Gasteiger partial charge >= 0.3 is 0 Å². The van der Waals surface area contributed by atoms with Gasteiger partial charge in [-0.05, 0) is 49.9 Å². The Hall–Kier alpha value is -1.55. The lowest BCUT2D eigenvalue weighted by Crippen LogP contribution is -2.43. The Morgan fingerprint density at radius 2 is 1.86 bits per heavy atom. The van der Waals surface area contributed by atoms with Gasteiger partial charge in [0.05, 0.1) is 13.0 Å². The third kappa shape index (κ3) is 3.61. The Morgan fingerprint density at radius 3 is 2.55 bits per heavy atom. The summed E-state index contributed by atoms with van der Waals surface area (Å²) in [7, 11) is 1.69. The fourth-order valence-corrected chi connectivity index (χ4v) is 3.59. The normalized spacial score (nSPS) is 22.8. The van der Waals surface area contributed by atoms with Gasteiger partial charge in [-0.25, -0.2) is 0 Å². The largest absolute Gasteiger partial charge is 0.497 e. The molecule has 1 aromatic carbocycles. The van der Waals surface area contributed by atoms with Crippen LogP contribution < -0.4 is 4.74 Å². The van der Waals surface area contributed by atoms with Crippen molar-refractivity contribution >= 4 is 5.91 Å². The molecule has 1 atom stereocenters. The number of carbonyl (C=O) groups is 1. The maximum absolute atomic E-state index is 12.6. The quantitative estimate of drug-likeness (QED) is 0.857. The maximum Gasteiger partial charge on any atom is 0.226 e. The molecule has 0 saturated carbocycles. The highest BCUT2D eigenvalue weighted by molar-refractivity contribution is 5.79. The number of hydrogen-bond donors (Lipinski definition) is 0. The van der Waals surface area contributed by atoms with E-state index in [0.717, 1.165) is 51.3 Å². The molecule has 2 fully saturated rings. The van der Waals surface area contributed by atoms with Crippen molar-refractivity contribution in [2.45, 2.75) is 32.2 Å². The summed E-state index contributed by atoms with van der Waals surface area (Å²) in [6, 6.07) is 8.24. The van der Waals surface area contributed by atoms with Crippen LogP contribution in [0.25, 0.3) is 0 Å². The molecule has 0 bridgehead atoms. The number of hydrogen-bond acceptors (Lipinski definition) is 3. The Kier molecular flexibility index (Phi) is 4.98. The number of methoxy groups -OCH3 is 1. The number of nitrogens with zero attached hydrogens (tertiary/aromatic N) is 2. The number of benzene rings is 1. The van der Waals surface area contributed by atoms with E-state index in [1.54, 1.807) is 7.11 Å². The van der Waals surface area contributed by atoms with E-state index in [-0.39, 0.29) is 5.92 Å². The predicted molar refractivity (Wildman–Crippen MR) is 86.8 cm³/mol. The molecular weight excluding hydrogens is 276 g/mol. The van der Waals surface area contributed by atoms with E-state index >= 15 is 0 Å². The van der Waals surface area contributed by atoms with Gasteiger partial charge in [-0.1, -0.05) is 12.1 Å². The van der Waals surface area contributed by atoms with Crippen LogP contribution >= 0.6 is 0 Å². The van der Waals surface area contributed by atoms with Crippen molar-refractivity contribution in [2.75, 3.05) is 33.3 Å². The monoisotopic (exact) mass is 302 g/mol. The van der Waals surface area contributed by atoms with Crippen LogP contribution in [0.5, 0.6) is 5.75 Å². The molecule has 0 unspecified atom stereocenters. The molecule has 22 heavy (non-hydrogen) atoms. The van der Waals surface area contributed by atoms with Crippen molar-refractivity contribution in [3.05, 3.63) is 29.8 Å². The molecule has 4 nitrogen and oxygen atoms in total. The van der Waals surface area contributed by atoms with E-state index < -0.39 is 0 Å². The third-order valence-electron chi connectivity index (χ3n) is 4.84. The van der Waals surface area contributed by atoms with Crippen molar-refractivity contribution in [2.24, 2.45) is 5.92 Å². The van der Waals surface area contributed by atoms with Crippen molar-refractivity contribution in [1.82, 2.24) is 9.80 Å². The van der Waals surface area contributed by atoms with Gasteiger partial charge in [-0.2, -0.15) is 0 Å². The van der Waals surface area contributed by atoms with E-state index in [1.165, 1.54) is 18.4 Å². The molecule has 0 radical (unpaired) electrons. The fraction of sp³-hybridized carbons (Fsp3) is 0.611. The molecule has 1 amide bonds. The predicted octanol–water partition coefficient (Wildman–Crippen LogP) is 2.53. The minimum absolute atomic E-state index is 0.199. The first kappa shape index (κ1) is 15.3. The second-order valence-electron chi connectivity index (χ2n) is 6.45. The molecule has 2 saturated heterocycles. The van der Waals surface area contributed by atoms with Gasteiger partial charge < -0.3 is 9.64 Å². The van der Waals surface area contributed by atoms with Gasteiger partial charge in [0, 0.05) is 26.2 Å². The SMILES string of the molecule is COc1ccc(CN2CCC[C@@H](C(=O)N3CCCC3)C2)cc1. The fourth-order valence-electron chi connectivity index (χ4n) is 3.59. The molecule has 0 N–H and O–H groups in total. The molecule has 0 aromatic heterocycles. The second-order valence-corrected chi connectivity index (χ2v) is 6.45. The van der Waals surface area contributed by atoms with E-state index in [9.17, 15) is 4.79 Å². The van der Waals surface area contributed by atoms with E-state index in [1.807, 2.05) is 12.1 Å². The Labute approximate surface area is 133 Å². The zero-order chi connectivity index (χ0) is 15.4. The molecule has 0 spiro atoms. The Morgan fingerprint density at radius 1 is 1.14 bits per heavy atom. The van der Waals surface area contributed by atoms with E-state index in [4.69, 9.17) is 4.74 Å². The average molecular weight is 302 g/mol. The second kappa shape index (κ2) is 7.14. The lowest BCUT2D eigenvalue weighted by molar-refractivity contribution is -0.136. The highest BCUT2D eigenvalue weighted by Gasteiger charge is 2.30. The van der Waals surface area contributed by atoms with Crippen LogP contribution in [0.1, 0.15) is 31.2 Å². The smallest absolute Gasteiger partial charge is 0.226 e. The minimum atomic E-state index is 0.199. The molecule has 4 heteroatoms. The van der Waals surface area contributed by atoms with Gasteiger partial charge in [-0.15, -0.1) is 0 Å². The lowest BCUT2D eigenvalue weighted by atomic mass is 9.96. The van der Waals surface area contributed by atoms with Gasteiger partial charge in [0.15, 0.2) is 0 Å². The lowest BCUT2D eigenvalue weighted by Gasteiger charge is -2.34. The molecule has 2 heterocycles. The topological polar surface area (TPSA) is 32.8 Å². The van der Waals surface area contributed by atoms with Gasteiger partial charge in [-0.3, -0.25) is 9.69 Å². The Balaban J connectivity index is 1.56. The molecule has 120 valence electrons. The van der Waals surface area contributed by atoms with Gasteiger partial charge in [0.2, 0.25) is 5.91 Å². The van der Waals surface area contributed by atoms with Crippen LogP contribution in [0, 0.1) is 5.92 Å². The zero-order valence-electron chi connectivity index (χ0n) is 13.5. The first-order valence-corrected chi connectivity index (χ1v) is 8.40. The van der Waals surface area contributed by atoms with Crippen LogP contribution in [0.15, 0.2) is 24.3 Å². The summed E-state index contributed by atoms with van der Waals surface area (Å²) in [6.45, 7) is 4.85. The number of ether oxygens (including phenoxy) is 1. The van der Waals surface area contributed by atoms with Gasteiger partial charge in [0.1, 0.15) is 5.75 Å². The highest BCUT2D eigenvalue weighted by Crippen LogP contribution is 2.23. The summed E-state index contributed by atoms with van der Waals surface area (Å²) in [5.74, 6) is 1.48. The minimum Gasteiger partial charge on any atom is -0.497 e. The molecule has 2 aliphatic rings. The summed E-state index contributed by atoms with van der Waals surface area (Å²) in [6.07, 6.45) is 4.52. The maximum atomic E-state index is 12.6. The molecule has 1 aromatic rings. The summed E-state index contributed by atoms with van der Waals surface area (Å²) in [4.78, 5) is 17.1. The summed E-state index contributed by atoms with van der Waals surface area (Å²) >= 11 is 0. The van der Waals surface area contributed by atoms with Crippen LogP contribution in [-0.2, 0) is 11.3 Å². The zero-order valence-corrected chi connectivity index (χ0v) is 13.5. The van der Waals surface area contributed by atoms with Gasteiger partial charge in [0.25, 0.3) is 0 Å². The number of likely N-dealkylation sites (tertiary alicyclic amines) is 2. The van der Waals surface area contributed by atoms with Crippen molar-refractivity contribution in [3.8, 4) is 5.75 Å². The van der Waals surface area contributed by atoms with Crippen molar-refractivity contribution in [3.63, 3.8) is 0 Å². The van der Waals surface area contributed by atoms with Crippen molar-refractivity contribution in [1.29, 1.82) is 0 Å². The van der Waals surface area contributed by atoms with Crippen LogP contribution in [0.3, 0.4) is 0 Å². The summed E-state index contributed by atoms with van der Waals surface area (Å²) in [5.41, 5.74) is 1.29. The Bertz CT molecular complexity index is 494. The molecule has 0 aliphatic carbocycles. The number of amides is 1. The molecular formula is C18H26N2O2. The highest BCUT2D eigenvalue weighted by atomic mass is 16.5. The van der Waals surface area contributed by atoms with E-state index in [0.29, 0.717) is 5.91 Å². The number of piperidine rings is 1. The number of carbonyl (C=O) groups excluding carboxylic acids is 1. The summed E-state index contributed by atoms with van der Waals surface area (Å²) < 4.78 is 5.20.